The SMILES string of the molecule is COc1ccc(C2(C(=O)N3CCC4(CC3)C[C@H](Oc3ccccc3)CO4)CCOCC2)cc1. The van der Waals surface area contributed by atoms with Gasteiger partial charge in [-0.3, -0.25) is 4.79 Å². The Labute approximate surface area is 195 Å². The summed E-state index contributed by atoms with van der Waals surface area (Å²) in [6.45, 7) is 3.26. The van der Waals surface area contributed by atoms with Crippen LogP contribution in [0, 0.1) is 0 Å². The van der Waals surface area contributed by atoms with Gasteiger partial charge in [-0.25, -0.2) is 0 Å². The van der Waals surface area contributed by atoms with Gasteiger partial charge in [0.15, 0.2) is 0 Å². The normalized spacial score (nSPS) is 23.9. The van der Waals surface area contributed by atoms with Crippen molar-refractivity contribution in [3.8, 4) is 11.5 Å². The third-order valence-electron chi connectivity index (χ3n) is 7.58. The molecule has 0 unspecified atom stereocenters. The third kappa shape index (κ3) is 4.46. The number of piperidine rings is 1. The molecule has 3 saturated heterocycles. The highest BCUT2D eigenvalue weighted by atomic mass is 16.6. The maximum Gasteiger partial charge on any atom is 0.233 e. The molecule has 2 aromatic carbocycles. The number of para-hydroxylation sites is 1. The molecule has 6 heteroatoms. The predicted octanol–water partition coefficient (Wildman–Crippen LogP) is 3.97. The van der Waals surface area contributed by atoms with Gasteiger partial charge in [0.05, 0.1) is 24.7 Å². The number of amides is 1. The second kappa shape index (κ2) is 9.35. The summed E-state index contributed by atoms with van der Waals surface area (Å²) in [5, 5.41) is 0. The Morgan fingerprint density at radius 2 is 1.64 bits per heavy atom. The van der Waals surface area contributed by atoms with Crippen LogP contribution in [0.2, 0.25) is 0 Å². The molecule has 0 N–H and O–H groups in total. The van der Waals surface area contributed by atoms with E-state index in [1.165, 1.54) is 0 Å². The van der Waals surface area contributed by atoms with E-state index in [1.54, 1.807) is 7.11 Å². The lowest BCUT2D eigenvalue weighted by molar-refractivity contribution is -0.146. The molecule has 33 heavy (non-hydrogen) atoms. The fourth-order valence-electron chi connectivity index (χ4n) is 5.59. The van der Waals surface area contributed by atoms with Crippen LogP contribution in [-0.2, 0) is 19.7 Å². The fourth-order valence-corrected chi connectivity index (χ4v) is 5.59. The highest BCUT2D eigenvalue weighted by Crippen LogP contribution is 2.41. The monoisotopic (exact) mass is 451 g/mol. The third-order valence-corrected chi connectivity index (χ3v) is 7.58. The van der Waals surface area contributed by atoms with Crippen molar-refractivity contribution in [2.45, 2.75) is 49.2 Å². The first kappa shape index (κ1) is 22.2. The Bertz CT molecular complexity index is 931. The van der Waals surface area contributed by atoms with E-state index >= 15 is 0 Å². The molecule has 5 rings (SSSR count). The van der Waals surface area contributed by atoms with Gasteiger partial charge in [0.1, 0.15) is 17.6 Å². The van der Waals surface area contributed by atoms with Crippen molar-refractivity contribution in [1.82, 2.24) is 4.90 Å². The molecule has 0 radical (unpaired) electrons. The van der Waals surface area contributed by atoms with Gasteiger partial charge in [-0.1, -0.05) is 30.3 Å². The van der Waals surface area contributed by atoms with Crippen molar-refractivity contribution in [3.63, 3.8) is 0 Å². The minimum Gasteiger partial charge on any atom is -0.497 e. The van der Waals surface area contributed by atoms with E-state index in [9.17, 15) is 4.79 Å². The van der Waals surface area contributed by atoms with Gasteiger partial charge < -0.3 is 23.8 Å². The second-order valence-corrected chi connectivity index (χ2v) is 9.47. The first-order valence-corrected chi connectivity index (χ1v) is 12.0. The summed E-state index contributed by atoms with van der Waals surface area (Å²) in [6.07, 6.45) is 4.06. The van der Waals surface area contributed by atoms with E-state index < -0.39 is 5.41 Å². The summed E-state index contributed by atoms with van der Waals surface area (Å²) in [4.78, 5) is 16.0. The highest BCUT2D eigenvalue weighted by Gasteiger charge is 2.48. The van der Waals surface area contributed by atoms with Gasteiger partial charge in [0, 0.05) is 32.7 Å². The van der Waals surface area contributed by atoms with Crippen LogP contribution in [0.1, 0.15) is 37.7 Å². The molecule has 3 aliphatic rings. The van der Waals surface area contributed by atoms with Crippen molar-refractivity contribution >= 4 is 5.91 Å². The van der Waals surface area contributed by atoms with Crippen molar-refractivity contribution in [2.75, 3.05) is 40.0 Å². The molecular weight excluding hydrogens is 418 g/mol. The summed E-state index contributed by atoms with van der Waals surface area (Å²) in [5.74, 6) is 1.91. The lowest BCUT2D eigenvalue weighted by Crippen LogP contribution is -2.54. The number of carbonyl (C=O) groups is 1. The molecule has 0 bridgehead atoms. The van der Waals surface area contributed by atoms with E-state index in [2.05, 4.69) is 4.90 Å². The Balaban J connectivity index is 1.25. The minimum atomic E-state index is -0.523. The van der Waals surface area contributed by atoms with Crippen LogP contribution in [0.4, 0.5) is 0 Å². The number of methoxy groups -OCH3 is 1. The molecule has 3 fully saturated rings. The average Bonchev–Trinajstić information content (AvgIpc) is 3.26. The Morgan fingerprint density at radius 3 is 2.30 bits per heavy atom. The van der Waals surface area contributed by atoms with Crippen molar-refractivity contribution in [1.29, 1.82) is 0 Å². The summed E-state index contributed by atoms with van der Waals surface area (Å²) in [7, 11) is 1.66. The summed E-state index contributed by atoms with van der Waals surface area (Å²) in [5.41, 5.74) is 0.356. The molecule has 0 saturated carbocycles. The maximum absolute atomic E-state index is 13.9. The number of nitrogens with zero attached hydrogens (tertiary/aromatic N) is 1. The van der Waals surface area contributed by atoms with Crippen molar-refractivity contribution in [3.05, 3.63) is 60.2 Å². The second-order valence-electron chi connectivity index (χ2n) is 9.47. The molecule has 176 valence electrons. The van der Waals surface area contributed by atoms with E-state index in [0.29, 0.717) is 32.7 Å². The molecule has 1 amide bonds. The lowest BCUT2D eigenvalue weighted by atomic mass is 9.72. The van der Waals surface area contributed by atoms with Gasteiger partial charge >= 0.3 is 0 Å². The fraction of sp³-hybridized carbons (Fsp3) is 0.519. The quantitative estimate of drug-likeness (QED) is 0.689. The Morgan fingerprint density at radius 1 is 0.939 bits per heavy atom. The van der Waals surface area contributed by atoms with Crippen LogP contribution in [0.5, 0.6) is 11.5 Å². The number of ether oxygens (including phenoxy) is 4. The van der Waals surface area contributed by atoms with E-state index in [1.807, 2.05) is 54.6 Å². The largest absolute Gasteiger partial charge is 0.497 e. The number of carbonyl (C=O) groups excluding carboxylic acids is 1. The zero-order valence-corrected chi connectivity index (χ0v) is 19.3. The maximum atomic E-state index is 13.9. The standard InChI is InChI=1S/C27H33NO5/c1-30-22-9-7-21(8-10-22)27(13-17-31-18-14-27)25(29)28-15-11-26(12-16-28)19-24(20-32-26)33-23-5-3-2-4-6-23/h2-10,24H,11-20H2,1H3/t24-/m0/s1. The average molecular weight is 452 g/mol. The van der Waals surface area contributed by atoms with Crippen LogP contribution in [0.15, 0.2) is 54.6 Å². The van der Waals surface area contributed by atoms with Crippen LogP contribution in [0.25, 0.3) is 0 Å². The van der Waals surface area contributed by atoms with Gasteiger partial charge in [-0.15, -0.1) is 0 Å². The van der Waals surface area contributed by atoms with Crippen LogP contribution in [0.3, 0.4) is 0 Å². The molecular formula is C27H33NO5. The number of benzene rings is 2. The van der Waals surface area contributed by atoms with E-state index in [4.69, 9.17) is 18.9 Å². The number of rotatable bonds is 5. The lowest BCUT2D eigenvalue weighted by Gasteiger charge is -2.44. The summed E-state index contributed by atoms with van der Waals surface area (Å²) < 4.78 is 23.4. The van der Waals surface area contributed by atoms with E-state index in [0.717, 1.165) is 49.4 Å². The molecule has 3 aliphatic heterocycles. The topological polar surface area (TPSA) is 57.2 Å². The molecule has 6 nitrogen and oxygen atoms in total. The van der Waals surface area contributed by atoms with E-state index in [-0.39, 0.29) is 17.6 Å². The molecule has 2 aromatic rings. The number of likely N-dealkylation sites (tertiary alicyclic amines) is 1. The molecule has 3 heterocycles. The van der Waals surface area contributed by atoms with Crippen molar-refractivity contribution < 1.29 is 23.7 Å². The van der Waals surface area contributed by atoms with Crippen LogP contribution < -0.4 is 9.47 Å². The summed E-state index contributed by atoms with van der Waals surface area (Å²) in [6, 6.07) is 17.9. The minimum absolute atomic E-state index is 0.0655. The zero-order chi connectivity index (χ0) is 22.7. The molecule has 1 spiro atoms. The molecule has 0 aromatic heterocycles. The van der Waals surface area contributed by atoms with Crippen molar-refractivity contribution in [2.24, 2.45) is 0 Å². The predicted molar refractivity (Wildman–Crippen MR) is 125 cm³/mol. The van der Waals surface area contributed by atoms with Gasteiger partial charge in [0.25, 0.3) is 0 Å². The smallest absolute Gasteiger partial charge is 0.233 e. The Kier molecular flexibility index (Phi) is 6.30. The molecule has 1 atom stereocenters. The Hall–Kier alpha value is -2.57. The number of hydrogen-bond donors (Lipinski definition) is 0. The van der Waals surface area contributed by atoms with Gasteiger partial charge in [-0.05, 0) is 55.5 Å². The first-order chi connectivity index (χ1) is 16.1. The summed E-state index contributed by atoms with van der Waals surface area (Å²) >= 11 is 0. The van der Waals surface area contributed by atoms with Crippen LogP contribution >= 0.6 is 0 Å². The highest BCUT2D eigenvalue weighted by molar-refractivity contribution is 5.88. The first-order valence-electron chi connectivity index (χ1n) is 12.0. The zero-order valence-electron chi connectivity index (χ0n) is 19.3. The molecule has 0 aliphatic carbocycles. The number of hydrogen-bond acceptors (Lipinski definition) is 5. The van der Waals surface area contributed by atoms with Gasteiger partial charge in [0.2, 0.25) is 5.91 Å². The van der Waals surface area contributed by atoms with Crippen LogP contribution in [-0.4, -0.2) is 62.5 Å². The van der Waals surface area contributed by atoms with Gasteiger partial charge in [-0.2, -0.15) is 0 Å².